The molecule has 0 aliphatic heterocycles. The van der Waals surface area contributed by atoms with Crippen LogP contribution in [0.2, 0.25) is 10.0 Å². The number of hydrogen-bond acceptors (Lipinski definition) is 2. The van der Waals surface area contributed by atoms with Crippen LogP contribution < -0.4 is 5.32 Å². The Bertz CT molecular complexity index is 644. The van der Waals surface area contributed by atoms with Crippen LogP contribution in [-0.2, 0) is 0 Å². The van der Waals surface area contributed by atoms with E-state index in [1.165, 1.54) is 16.7 Å². The van der Waals surface area contributed by atoms with Crippen LogP contribution in [0.4, 0.5) is 0 Å². The lowest BCUT2D eigenvalue weighted by molar-refractivity contribution is 0.232. The molecule has 0 fully saturated rings. The van der Waals surface area contributed by atoms with Crippen molar-refractivity contribution in [2.24, 2.45) is 0 Å². The average molecular weight is 322 g/mol. The molecule has 110 valence electrons. The molecule has 1 aliphatic carbocycles. The van der Waals surface area contributed by atoms with E-state index >= 15 is 0 Å². The van der Waals surface area contributed by atoms with Crippen molar-refractivity contribution >= 4 is 23.2 Å². The van der Waals surface area contributed by atoms with E-state index in [0.717, 1.165) is 12.8 Å². The summed E-state index contributed by atoms with van der Waals surface area (Å²) in [5.74, 6) is 0.327. The zero-order valence-corrected chi connectivity index (χ0v) is 13.0. The van der Waals surface area contributed by atoms with Crippen molar-refractivity contribution in [2.75, 3.05) is 6.73 Å². The van der Waals surface area contributed by atoms with Crippen LogP contribution in [0.5, 0.6) is 0 Å². The van der Waals surface area contributed by atoms with Gasteiger partial charge in [0.25, 0.3) is 0 Å². The minimum absolute atomic E-state index is 0.00353. The molecule has 0 saturated carbocycles. The molecule has 0 unspecified atom stereocenters. The number of benzene rings is 2. The van der Waals surface area contributed by atoms with Gasteiger partial charge in [-0.1, -0.05) is 53.5 Å². The topological polar surface area (TPSA) is 32.3 Å². The quantitative estimate of drug-likeness (QED) is 0.816. The Kier molecular flexibility index (Phi) is 4.51. The van der Waals surface area contributed by atoms with Crippen LogP contribution in [0.15, 0.2) is 42.5 Å². The number of hydrogen-bond donors (Lipinski definition) is 2. The van der Waals surface area contributed by atoms with Crippen molar-refractivity contribution in [1.29, 1.82) is 0 Å². The second kappa shape index (κ2) is 6.37. The number of rotatable bonds is 3. The monoisotopic (exact) mass is 321 g/mol. The third kappa shape index (κ3) is 2.95. The highest BCUT2D eigenvalue weighted by Gasteiger charge is 2.27. The summed E-state index contributed by atoms with van der Waals surface area (Å²) in [7, 11) is 0. The molecular weight excluding hydrogens is 305 g/mol. The van der Waals surface area contributed by atoms with Crippen molar-refractivity contribution in [3.63, 3.8) is 0 Å². The fourth-order valence-corrected chi connectivity index (χ4v) is 3.49. The molecule has 0 radical (unpaired) electrons. The van der Waals surface area contributed by atoms with E-state index in [1.54, 1.807) is 0 Å². The van der Waals surface area contributed by atoms with Crippen LogP contribution in [-0.4, -0.2) is 11.8 Å². The maximum absolute atomic E-state index is 9.15. The van der Waals surface area contributed by atoms with Crippen molar-refractivity contribution in [3.05, 3.63) is 69.2 Å². The van der Waals surface area contributed by atoms with Gasteiger partial charge in [0.1, 0.15) is 0 Å². The molecule has 1 aliphatic rings. The lowest BCUT2D eigenvalue weighted by Gasteiger charge is -2.32. The van der Waals surface area contributed by atoms with Gasteiger partial charge in [0.2, 0.25) is 0 Å². The zero-order valence-electron chi connectivity index (χ0n) is 11.5. The van der Waals surface area contributed by atoms with Crippen molar-refractivity contribution < 1.29 is 5.11 Å². The fourth-order valence-electron chi connectivity index (χ4n) is 3.19. The summed E-state index contributed by atoms with van der Waals surface area (Å²) in [6.07, 6.45) is 2.01. The van der Waals surface area contributed by atoms with Gasteiger partial charge < -0.3 is 5.11 Å². The summed E-state index contributed by atoms with van der Waals surface area (Å²) in [6.45, 7) is -0.00353. The van der Waals surface area contributed by atoms with Crippen molar-refractivity contribution in [2.45, 2.75) is 24.8 Å². The molecule has 2 aromatic rings. The zero-order chi connectivity index (χ0) is 14.8. The molecule has 0 aromatic heterocycles. The summed E-state index contributed by atoms with van der Waals surface area (Å²) in [4.78, 5) is 0. The standard InChI is InChI=1S/C17H17Cl2NO/c18-15-7-5-11(9-16(15)19)12-6-8-17(20-10-21)14-4-2-1-3-13(12)14/h1-5,7,9,12,17,20-21H,6,8,10H2/t12-,17-/m0/s1. The molecular formula is C17H17Cl2NO. The first-order valence-electron chi connectivity index (χ1n) is 7.08. The minimum atomic E-state index is -0.00353. The largest absolute Gasteiger partial charge is 0.381 e. The van der Waals surface area contributed by atoms with E-state index in [-0.39, 0.29) is 12.8 Å². The molecule has 0 heterocycles. The molecule has 2 aromatic carbocycles. The summed E-state index contributed by atoms with van der Waals surface area (Å²) < 4.78 is 0. The molecule has 2 atom stereocenters. The lowest BCUT2D eigenvalue weighted by atomic mass is 9.77. The van der Waals surface area contributed by atoms with E-state index in [4.69, 9.17) is 28.3 Å². The predicted octanol–water partition coefficient (Wildman–Crippen LogP) is 4.50. The predicted molar refractivity (Wildman–Crippen MR) is 86.9 cm³/mol. The second-order valence-corrected chi connectivity index (χ2v) is 6.16. The normalized spacial score (nSPS) is 21.1. The van der Waals surface area contributed by atoms with Gasteiger partial charge >= 0.3 is 0 Å². The fraction of sp³-hybridized carbons (Fsp3) is 0.294. The molecule has 0 spiro atoms. The van der Waals surface area contributed by atoms with Crippen molar-refractivity contribution in [3.8, 4) is 0 Å². The van der Waals surface area contributed by atoms with Gasteiger partial charge in [-0.05, 0) is 41.7 Å². The van der Waals surface area contributed by atoms with Crippen LogP contribution in [0, 0.1) is 0 Å². The van der Waals surface area contributed by atoms with E-state index in [0.29, 0.717) is 16.0 Å². The average Bonchev–Trinajstić information content (AvgIpc) is 2.51. The summed E-state index contributed by atoms with van der Waals surface area (Å²) in [5, 5.41) is 13.5. The van der Waals surface area contributed by atoms with Crippen LogP contribution in [0.1, 0.15) is 41.5 Å². The molecule has 0 amide bonds. The third-order valence-electron chi connectivity index (χ3n) is 4.17. The first-order valence-corrected chi connectivity index (χ1v) is 7.84. The molecule has 3 rings (SSSR count). The van der Waals surface area contributed by atoms with E-state index < -0.39 is 0 Å². The highest BCUT2D eigenvalue weighted by molar-refractivity contribution is 6.42. The molecule has 0 saturated heterocycles. The number of nitrogens with one attached hydrogen (secondary N) is 1. The van der Waals surface area contributed by atoms with Gasteiger partial charge in [-0.25, -0.2) is 0 Å². The molecule has 0 bridgehead atoms. The van der Waals surface area contributed by atoms with E-state index in [1.807, 2.05) is 18.2 Å². The van der Waals surface area contributed by atoms with Gasteiger partial charge in [-0.15, -0.1) is 0 Å². The Morgan fingerprint density at radius 1 is 1.00 bits per heavy atom. The SMILES string of the molecule is OCN[C@H]1CC[C@@H](c2ccc(Cl)c(Cl)c2)c2ccccc21. The Labute approximate surface area is 134 Å². The lowest BCUT2D eigenvalue weighted by Crippen LogP contribution is -2.27. The maximum atomic E-state index is 9.15. The van der Waals surface area contributed by atoms with E-state index in [2.05, 4.69) is 29.6 Å². The first kappa shape index (κ1) is 14.9. The Morgan fingerprint density at radius 3 is 2.48 bits per heavy atom. The second-order valence-electron chi connectivity index (χ2n) is 5.35. The summed E-state index contributed by atoms with van der Waals surface area (Å²) >= 11 is 12.2. The van der Waals surface area contributed by atoms with Gasteiger partial charge in [-0.3, -0.25) is 5.32 Å². The Morgan fingerprint density at radius 2 is 1.76 bits per heavy atom. The molecule has 2 N–H and O–H groups in total. The van der Waals surface area contributed by atoms with E-state index in [9.17, 15) is 0 Å². The van der Waals surface area contributed by atoms with Gasteiger partial charge in [0, 0.05) is 12.0 Å². The Balaban J connectivity index is 2.00. The molecule has 4 heteroatoms. The number of fused-ring (bicyclic) bond motifs is 1. The van der Waals surface area contributed by atoms with Crippen LogP contribution in [0.25, 0.3) is 0 Å². The smallest absolute Gasteiger partial charge is 0.0936 e. The van der Waals surface area contributed by atoms with Gasteiger partial charge in [0.05, 0.1) is 16.8 Å². The van der Waals surface area contributed by atoms with Crippen molar-refractivity contribution in [1.82, 2.24) is 5.32 Å². The highest BCUT2D eigenvalue weighted by atomic mass is 35.5. The maximum Gasteiger partial charge on any atom is 0.0936 e. The first-order chi connectivity index (χ1) is 10.2. The number of aliphatic hydroxyl groups excluding tert-OH is 1. The minimum Gasteiger partial charge on any atom is -0.381 e. The number of aliphatic hydroxyl groups is 1. The van der Waals surface area contributed by atoms with Gasteiger partial charge in [-0.2, -0.15) is 0 Å². The number of halogens is 2. The summed E-state index contributed by atoms with van der Waals surface area (Å²) in [5.41, 5.74) is 3.75. The summed E-state index contributed by atoms with van der Waals surface area (Å²) in [6, 6.07) is 14.5. The molecule has 21 heavy (non-hydrogen) atoms. The van der Waals surface area contributed by atoms with Crippen LogP contribution >= 0.6 is 23.2 Å². The highest BCUT2D eigenvalue weighted by Crippen LogP contribution is 2.42. The van der Waals surface area contributed by atoms with Gasteiger partial charge in [0.15, 0.2) is 0 Å². The Hall–Kier alpha value is -1.06. The van der Waals surface area contributed by atoms with Crippen LogP contribution in [0.3, 0.4) is 0 Å². The molecule has 2 nitrogen and oxygen atoms in total. The third-order valence-corrected chi connectivity index (χ3v) is 4.91.